The van der Waals surface area contributed by atoms with Gasteiger partial charge in [0.2, 0.25) is 0 Å². The number of ether oxygens (including phenoxy) is 1. The first kappa shape index (κ1) is 13.4. The van der Waals surface area contributed by atoms with Crippen LogP contribution < -0.4 is 0 Å². The lowest BCUT2D eigenvalue weighted by Crippen LogP contribution is -2.12. The number of esters is 1. The van der Waals surface area contributed by atoms with Crippen LogP contribution in [0.3, 0.4) is 0 Å². The molecule has 1 aliphatic rings. The van der Waals surface area contributed by atoms with E-state index < -0.39 is 0 Å². The Bertz CT molecular complexity index is 645. The fraction of sp³-hybridized carbons (Fsp3) is 0.467. The number of pyridine rings is 1. The summed E-state index contributed by atoms with van der Waals surface area (Å²) in [5.74, 6) is -0.374. The lowest BCUT2D eigenvalue weighted by Gasteiger charge is -2.23. The van der Waals surface area contributed by atoms with E-state index in [9.17, 15) is 4.79 Å². The van der Waals surface area contributed by atoms with E-state index in [1.807, 2.05) is 12.3 Å². The summed E-state index contributed by atoms with van der Waals surface area (Å²) in [7, 11) is 1.38. The summed E-state index contributed by atoms with van der Waals surface area (Å²) in [6.07, 6.45) is 8.12. The SMILES string of the molecule is COC(=O)c1cc(Cl)nc2c1ccn2C1CCCCC1. The fourth-order valence-corrected chi connectivity index (χ4v) is 3.22. The van der Waals surface area contributed by atoms with Gasteiger partial charge in [-0.2, -0.15) is 0 Å². The van der Waals surface area contributed by atoms with Crippen LogP contribution in [0.1, 0.15) is 48.5 Å². The normalized spacial score (nSPS) is 16.5. The average Bonchev–Trinajstić information content (AvgIpc) is 2.90. The van der Waals surface area contributed by atoms with E-state index in [0.717, 1.165) is 23.9 Å². The first-order valence-electron chi connectivity index (χ1n) is 6.96. The Labute approximate surface area is 122 Å². The van der Waals surface area contributed by atoms with E-state index in [-0.39, 0.29) is 5.97 Å². The van der Waals surface area contributed by atoms with Crippen LogP contribution in [0.25, 0.3) is 11.0 Å². The smallest absolute Gasteiger partial charge is 0.338 e. The molecule has 5 heteroatoms. The van der Waals surface area contributed by atoms with Crippen LogP contribution in [-0.4, -0.2) is 22.6 Å². The van der Waals surface area contributed by atoms with Gasteiger partial charge in [0, 0.05) is 17.6 Å². The van der Waals surface area contributed by atoms with Crippen molar-refractivity contribution in [2.24, 2.45) is 0 Å². The number of aromatic nitrogens is 2. The van der Waals surface area contributed by atoms with Crippen LogP contribution in [0, 0.1) is 0 Å². The number of hydrogen-bond donors (Lipinski definition) is 0. The first-order valence-corrected chi connectivity index (χ1v) is 7.34. The van der Waals surface area contributed by atoms with Crippen LogP contribution in [0.5, 0.6) is 0 Å². The number of carbonyl (C=O) groups is 1. The Balaban J connectivity index is 2.11. The highest BCUT2D eigenvalue weighted by Crippen LogP contribution is 2.32. The third kappa shape index (κ3) is 2.29. The summed E-state index contributed by atoms with van der Waals surface area (Å²) in [5.41, 5.74) is 1.27. The van der Waals surface area contributed by atoms with E-state index in [1.54, 1.807) is 6.07 Å². The Morgan fingerprint density at radius 3 is 2.85 bits per heavy atom. The van der Waals surface area contributed by atoms with Gasteiger partial charge in [-0.25, -0.2) is 9.78 Å². The van der Waals surface area contributed by atoms with Crippen molar-refractivity contribution >= 4 is 28.6 Å². The summed E-state index contributed by atoms with van der Waals surface area (Å²) in [6.45, 7) is 0. The van der Waals surface area contributed by atoms with Gasteiger partial charge < -0.3 is 9.30 Å². The zero-order chi connectivity index (χ0) is 14.1. The molecule has 106 valence electrons. The zero-order valence-corrected chi connectivity index (χ0v) is 12.2. The molecule has 1 saturated carbocycles. The number of rotatable bonds is 2. The molecule has 0 bridgehead atoms. The molecule has 1 aliphatic carbocycles. The van der Waals surface area contributed by atoms with Gasteiger partial charge in [-0.05, 0) is 25.0 Å². The number of hydrogen-bond acceptors (Lipinski definition) is 3. The molecule has 2 aromatic heterocycles. The van der Waals surface area contributed by atoms with Gasteiger partial charge in [0.1, 0.15) is 10.8 Å². The third-order valence-electron chi connectivity index (χ3n) is 4.03. The summed E-state index contributed by atoms with van der Waals surface area (Å²) in [6, 6.07) is 3.96. The second kappa shape index (κ2) is 5.44. The molecule has 0 spiro atoms. The van der Waals surface area contributed by atoms with Crippen molar-refractivity contribution in [1.29, 1.82) is 0 Å². The lowest BCUT2D eigenvalue weighted by molar-refractivity contribution is 0.0603. The predicted molar refractivity (Wildman–Crippen MR) is 78.2 cm³/mol. The number of carbonyl (C=O) groups excluding carboxylic acids is 1. The van der Waals surface area contributed by atoms with Crippen LogP contribution in [0.4, 0.5) is 0 Å². The third-order valence-corrected chi connectivity index (χ3v) is 4.22. The van der Waals surface area contributed by atoms with Crippen LogP contribution in [0.15, 0.2) is 18.3 Å². The van der Waals surface area contributed by atoms with Crippen LogP contribution >= 0.6 is 11.6 Å². The molecule has 20 heavy (non-hydrogen) atoms. The highest BCUT2D eigenvalue weighted by Gasteiger charge is 2.20. The molecular weight excluding hydrogens is 276 g/mol. The van der Waals surface area contributed by atoms with Crippen molar-refractivity contribution in [3.63, 3.8) is 0 Å². The van der Waals surface area contributed by atoms with Crippen molar-refractivity contribution in [3.8, 4) is 0 Å². The summed E-state index contributed by atoms with van der Waals surface area (Å²) in [4.78, 5) is 16.3. The fourth-order valence-electron chi connectivity index (χ4n) is 3.03. The molecule has 2 aromatic rings. The Morgan fingerprint density at radius 1 is 1.40 bits per heavy atom. The Hall–Kier alpha value is -1.55. The topological polar surface area (TPSA) is 44.1 Å². The zero-order valence-electron chi connectivity index (χ0n) is 11.4. The number of methoxy groups -OCH3 is 1. The van der Waals surface area contributed by atoms with Gasteiger partial charge >= 0.3 is 5.97 Å². The van der Waals surface area contributed by atoms with E-state index in [1.165, 1.54) is 26.4 Å². The molecule has 0 amide bonds. The maximum Gasteiger partial charge on any atom is 0.338 e. The minimum Gasteiger partial charge on any atom is -0.465 e. The quantitative estimate of drug-likeness (QED) is 0.621. The van der Waals surface area contributed by atoms with E-state index >= 15 is 0 Å². The van der Waals surface area contributed by atoms with E-state index in [4.69, 9.17) is 16.3 Å². The van der Waals surface area contributed by atoms with Crippen molar-refractivity contribution in [2.75, 3.05) is 7.11 Å². The van der Waals surface area contributed by atoms with Gasteiger partial charge in [0.25, 0.3) is 0 Å². The Kier molecular flexibility index (Phi) is 3.66. The number of fused-ring (bicyclic) bond motifs is 1. The molecule has 2 heterocycles. The second-order valence-electron chi connectivity index (χ2n) is 5.24. The lowest BCUT2D eigenvalue weighted by atomic mass is 9.95. The highest BCUT2D eigenvalue weighted by atomic mass is 35.5. The predicted octanol–water partition coefficient (Wildman–Crippen LogP) is 3.98. The maximum absolute atomic E-state index is 11.8. The molecule has 1 fully saturated rings. The summed E-state index contributed by atoms with van der Waals surface area (Å²) < 4.78 is 6.98. The highest BCUT2D eigenvalue weighted by molar-refractivity contribution is 6.30. The largest absolute Gasteiger partial charge is 0.465 e. The maximum atomic E-state index is 11.8. The molecule has 0 aliphatic heterocycles. The summed E-state index contributed by atoms with van der Waals surface area (Å²) >= 11 is 6.06. The number of halogens is 1. The van der Waals surface area contributed by atoms with Gasteiger partial charge in [-0.3, -0.25) is 0 Å². The van der Waals surface area contributed by atoms with Crippen LogP contribution in [-0.2, 0) is 4.74 Å². The molecule has 0 unspecified atom stereocenters. The minimum atomic E-state index is -0.374. The van der Waals surface area contributed by atoms with Gasteiger partial charge in [-0.15, -0.1) is 0 Å². The van der Waals surface area contributed by atoms with E-state index in [0.29, 0.717) is 16.8 Å². The molecule has 0 saturated heterocycles. The standard InChI is InChI=1S/C15H17ClN2O2/c1-20-15(19)12-9-13(16)17-14-11(12)7-8-18(14)10-5-3-2-4-6-10/h7-10H,2-6H2,1H3. The average molecular weight is 293 g/mol. The van der Waals surface area contributed by atoms with Gasteiger partial charge in [0.15, 0.2) is 0 Å². The Morgan fingerprint density at radius 2 is 2.15 bits per heavy atom. The molecule has 0 atom stereocenters. The first-order chi connectivity index (χ1) is 9.70. The van der Waals surface area contributed by atoms with Gasteiger partial charge in [0.05, 0.1) is 12.7 Å². The molecule has 0 N–H and O–H groups in total. The number of nitrogens with zero attached hydrogens (tertiary/aromatic N) is 2. The molecule has 0 aromatic carbocycles. The molecule has 4 nitrogen and oxygen atoms in total. The molecule has 0 radical (unpaired) electrons. The van der Waals surface area contributed by atoms with E-state index in [2.05, 4.69) is 9.55 Å². The monoisotopic (exact) mass is 292 g/mol. The van der Waals surface area contributed by atoms with Crippen molar-refractivity contribution in [3.05, 3.63) is 29.0 Å². The van der Waals surface area contributed by atoms with Crippen molar-refractivity contribution in [2.45, 2.75) is 38.1 Å². The molecule has 3 rings (SSSR count). The van der Waals surface area contributed by atoms with Crippen LogP contribution in [0.2, 0.25) is 5.15 Å². The molecular formula is C15H17ClN2O2. The minimum absolute atomic E-state index is 0.327. The van der Waals surface area contributed by atoms with Crippen molar-refractivity contribution in [1.82, 2.24) is 9.55 Å². The van der Waals surface area contributed by atoms with Crippen molar-refractivity contribution < 1.29 is 9.53 Å². The summed E-state index contributed by atoms with van der Waals surface area (Å²) in [5, 5.41) is 1.14. The second-order valence-corrected chi connectivity index (χ2v) is 5.62. The van der Waals surface area contributed by atoms with Gasteiger partial charge in [-0.1, -0.05) is 30.9 Å².